The zero-order chi connectivity index (χ0) is 41.7. The van der Waals surface area contributed by atoms with Gasteiger partial charge in [0.25, 0.3) is 11.8 Å². The predicted octanol–water partition coefficient (Wildman–Crippen LogP) is 8.40. The first-order chi connectivity index (χ1) is 24.8. The van der Waals surface area contributed by atoms with E-state index in [9.17, 15) is 28.8 Å². The van der Waals surface area contributed by atoms with Crippen LogP contribution in [0.4, 0.5) is 5.69 Å². The summed E-state index contributed by atoms with van der Waals surface area (Å²) in [5.41, 5.74) is 3.26. The van der Waals surface area contributed by atoms with Crippen molar-refractivity contribution < 1.29 is 28.8 Å². The largest absolute Gasteiger partial charge is 0.352 e. The molecule has 0 saturated carbocycles. The third kappa shape index (κ3) is 16.8. The number of carbonyl (C=O) groups excluding carboxylic acids is 6. The lowest BCUT2D eigenvalue weighted by atomic mass is 10.0. The summed E-state index contributed by atoms with van der Waals surface area (Å²) in [6.07, 6.45) is 0.438. The van der Waals surface area contributed by atoms with Crippen LogP contribution in [-0.4, -0.2) is 58.2 Å². The average molecular weight is 729 g/mol. The molecule has 4 rings (SSSR count). The smallest absolute Gasteiger partial charge is 0.294 e. The lowest BCUT2D eigenvalue weighted by Crippen LogP contribution is -2.51. The number of fused-ring (bicyclic) bond motifs is 2. The Hall–Kier alpha value is -4.34. The third-order valence-electron chi connectivity index (χ3n) is 6.47. The van der Waals surface area contributed by atoms with Gasteiger partial charge in [-0.25, -0.2) is 0 Å². The van der Waals surface area contributed by atoms with Gasteiger partial charge in [0.05, 0.1) is 0 Å². The van der Waals surface area contributed by atoms with Crippen LogP contribution in [0.15, 0.2) is 48.5 Å². The van der Waals surface area contributed by atoms with Gasteiger partial charge in [-0.1, -0.05) is 126 Å². The molecule has 0 aromatic heterocycles. The molecule has 10 heteroatoms. The van der Waals surface area contributed by atoms with Crippen LogP contribution in [0.3, 0.4) is 0 Å². The highest BCUT2D eigenvalue weighted by atomic mass is 16.2. The van der Waals surface area contributed by atoms with Crippen LogP contribution < -0.4 is 15.5 Å². The molecule has 52 heavy (non-hydrogen) atoms. The first-order valence-electron chi connectivity index (χ1n) is 19.3. The van der Waals surface area contributed by atoms with Crippen molar-refractivity contribution in [3.8, 4) is 0 Å². The first-order valence-corrected chi connectivity index (χ1v) is 19.3. The SMILES string of the molecule is CC.CC.CC.CC.CC.CC.CC(=O)C(=O)N1Cc2ccccc2[C@H]1C(=O)NC(C)C.CC(=O)C(=O)N1c2ccccc2C[C@H]1C(=O)NC(C)C. The molecule has 0 saturated heterocycles. The zero-order valence-corrected chi connectivity index (χ0v) is 35.7. The van der Waals surface area contributed by atoms with E-state index >= 15 is 0 Å². The number of carbonyl (C=O) groups is 6. The Bertz CT molecular complexity index is 1340. The van der Waals surface area contributed by atoms with Gasteiger partial charge in [-0.05, 0) is 50.5 Å². The Labute approximate surface area is 316 Å². The molecule has 2 aromatic carbocycles. The summed E-state index contributed by atoms with van der Waals surface area (Å²) in [6.45, 7) is 34.2. The van der Waals surface area contributed by atoms with Gasteiger partial charge in [0.15, 0.2) is 0 Å². The van der Waals surface area contributed by atoms with E-state index in [1.807, 2.05) is 147 Å². The number of ketones is 2. The van der Waals surface area contributed by atoms with Crippen LogP contribution in [0.2, 0.25) is 0 Å². The van der Waals surface area contributed by atoms with Crippen LogP contribution in [0.1, 0.15) is 147 Å². The molecule has 0 unspecified atom stereocenters. The number of nitrogens with zero attached hydrogens (tertiary/aromatic N) is 2. The standard InChI is InChI=1S/2C15H18N2O3.6C2H6/c1-9(2)16-14(19)13-12-7-5-4-6-11(12)8-17(13)15(20)10(3)18;1-9(2)16-14(19)13-8-11-6-4-5-7-12(11)17(13)15(20)10(3)18;6*1-2/h2*4-7,9,13H,8H2,1-3H3,(H,16,19);6*1-2H3/t2*13-;;;;;;/m00....../s1. The number of Topliss-reactive ketones (excluding diaryl/α,β-unsaturated/α-hetero) is 2. The molecule has 0 bridgehead atoms. The number of para-hydroxylation sites is 1. The van der Waals surface area contributed by atoms with Gasteiger partial charge in [-0.15, -0.1) is 0 Å². The van der Waals surface area contributed by atoms with Gasteiger partial charge < -0.3 is 15.5 Å². The molecule has 0 aliphatic carbocycles. The minimum atomic E-state index is -0.718. The van der Waals surface area contributed by atoms with Crippen LogP contribution in [0.25, 0.3) is 0 Å². The minimum Gasteiger partial charge on any atom is -0.352 e. The van der Waals surface area contributed by atoms with E-state index in [4.69, 9.17) is 0 Å². The normalized spacial score (nSPS) is 13.8. The maximum Gasteiger partial charge on any atom is 0.294 e. The molecule has 0 spiro atoms. The predicted molar refractivity (Wildman–Crippen MR) is 217 cm³/mol. The fourth-order valence-electron chi connectivity index (χ4n) is 4.82. The van der Waals surface area contributed by atoms with E-state index in [0.29, 0.717) is 18.7 Å². The van der Waals surface area contributed by atoms with Gasteiger partial charge >= 0.3 is 0 Å². The second kappa shape index (κ2) is 31.4. The Balaban J connectivity index is -0.000000344. The van der Waals surface area contributed by atoms with Crippen molar-refractivity contribution in [3.63, 3.8) is 0 Å². The molecule has 0 radical (unpaired) electrons. The van der Waals surface area contributed by atoms with E-state index in [1.54, 1.807) is 12.1 Å². The van der Waals surface area contributed by atoms with Crippen LogP contribution in [0.5, 0.6) is 0 Å². The quantitative estimate of drug-likeness (QED) is 0.287. The lowest BCUT2D eigenvalue weighted by molar-refractivity contribution is -0.148. The molecule has 2 aromatic rings. The number of nitrogens with one attached hydrogen (secondary N) is 2. The summed E-state index contributed by atoms with van der Waals surface area (Å²) >= 11 is 0. The number of hydrogen-bond acceptors (Lipinski definition) is 6. The summed E-state index contributed by atoms with van der Waals surface area (Å²) in [6, 6.07) is 13.3. The number of hydrogen-bond donors (Lipinski definition) is 2. The number of amides is 4. The molecule has 0 fully saturated rings. The summed E-state index contributed by atoms with van der Waals surface area (Å²) < 4.78 is 0. The highest BCUT2D eigenvalue weighted by Gasteiger charge is 2.40. The molecule has 2 N–H and O–H groups in total. The fraction of sp³-hybridized carbons (Fsp3) is 0.571. The lowest BCUT2D eigenvalue weighted by Gasteiger charge is -2.24. The van der Waals surface area contributed by atoms with Crippen molar-refractivity contribution in [1.29, 1.82) is 0 Å². The molecule has 296 valence electrons. The summed E-state index contributed by atoms with van der Waals surface area (Å²) in [5, 5.41) is 5.60. The maximum atomic E-state index is 12.3. The van der Waals surface area contributed by atoms with Crippen molar-refractivity contribution in [2.75, 3.05) is 4.90 Å². The summed E-state index contributed by atoms with van der Waals surface area (Å²) in [5.74, 6) is -2.86. The summed E-state index contributed by atoms with van der Waals surface area (Å²) in [4.78, 5) is 74.1. The van der Waals surface area contributed by atoms with Gasteiger partial charge in [0.2, 0.25) is 23.4 Å². The minimum absolute atomic E-state index is 0.0134. The van der Waals surface area contributed by atoms with Crippen molar-refractivity contribution in [1.82, 2.24) is 15.5 Å². The summed E-state index contributed by atoms with van der Waals surface area (Å²) in [7, 11) is 0. The van der Waals surface area contributed by atoms with Crippen molar-refractivity contribution >= 4 is 40.9 Å². The number of anilines is 1. The Morgan fingerprint density at radius 1 is 0.577 bits per heavy atom. The third-order valence-corrected chi connectivity index (χ3v) is 6.47. The maximum absolute atomic E-state index is 12.3. The molecule has 2 heterocycles. The van der Waals surface area contributed by atoms with Crippen LogP contribution in [-0.2, 0) is 41.7 Å². The second-order valence-corrected chi connectivity index (χ2v) is 10.5. The first kappa shape index (κ1) is 54.4. The highest BCUT2D eigenvalue weighted by Crippen LogP contribution is 2.34. The van der Waals surface area contributed by atoms with Gasteiger partial charge in [-0.3, -0.25) is 33.7 Å². The highest BCUT2D eigenvalue weighted by molar-refractivity contribution is 6.41. The van der Waals surface area contributed by atoms with E-state index < -0.39 is 35.5 Å². The fourth-order valence-corrected chi connectivity index (χ4v) is 4.82. The van der Waals surface area contributed by atoms with E-state index in [-0.39, 0.29) is 23.9 Å². The number of benzene rings is 2. The molecule has 10 nitrogen and oxygen atoms in total. The molecule has 2 atom stereocenters. The van der Waals surface area contributed by atoms with E-state index in [2.05, 4.69) is 10.6 Å². The molecule has 2 aliphatic rings. The zero-order valence-electron chi connectivity index (χ0n) is 35.7. The van der Waals surface area contributed by atoms with Crippen molar-refractivity contribution in [2.45, 2.75) is 162 Å². The van der Waals surface area contributed by atoms with Crippen LogP contribution in [0, 0.1) is 0 Å². The average Bonchev–Trinajstić information content (AvgIpc) is 3.75. The monoisotopic (exact) mass is 729 g/mol. The van der Waals surface area contributed by atoms with Gasteiger partial charge in [0, 0.05) is 44.6 Å². The van der Waals surface area contributed by atoms with Crippen LogP contribution >= 0.6 is 0 Å². The molecular formula is C42H72N4O6. The molecular weight excluding hydrogens is 656 g/mol. The van der Waals surface area contributed by atoms with Crippen molar-refractivity contribution in [3.05, 3.63) is 65.2 Å². The van der Waals surface area contributed by atoms with E-state index in [1.165, 1.54) is 23.6 Å². The second-order valence-electron chi connectivity index (χ2n) is 10.5. The Morgan fingerprint density at radius 3 is 1.42 bits per heavy atom. The van der Waals surface area contributed by atoms with E-state index in [0.717, 1.165) is 16.7 Å². The topological polar surface area (TPSA) is 133 Å². The Kier molecular flexibility index (Phi) is 32.9. The Morgan fingerprint density at radius 2 is 0.981 bits per heavy atom. The van der Waals surface area contributed by atoms with Crippen molar-refractivity contribution in [2.24, 2.45) is 0 Å². The number of rotatable bonds is 6. The van der Waals surface area contributed by atoms with Gasteiger partial charge in [-0.2, -0.15) is 0 Å². The van der Waals surface area contributed by atoms with Gasteiger partial charge in [0.1, 0.15) is 12.1 Å². The molecule has 4 amide bonds. The molecule has 2 aliphatic heterocycles.